The molecule has 0 amide bonds. The van der Waals surface area contributed by atoms with Gasteiger partial charge in [-0.1, -0.05) is 13.8 Å². The molecule has 0 aliphatic rings. The molecule has 0 aromatic carbocycles. The summed E-state index contributed by atoms with van der Waals surface area (Å²) < 4.78 is 1.96. The van der Waals surface area contributed by atoms with Gasteiger partial charge in [0, 0.05) is 5.69 Å². The number of aromatic nitrogens is 2. The molecule has 0 spiro atoms. The van der Waals surface area contributed by atoms with Crippen LogP contribution in [0.2, 0.25) is 0 Å². The van der Waals surface area contributed by atoms with Crippen LogP contribution in [0.15, 0.2) is 0 Å². The molecule has 4 nitrogen and oxygen atoms in total. The average molecular weight is 248 g/mol. The Morgan fingerprint density at radius 1 is 1.39 bits per heavy atom. The maximum atomic E-state index is 9.34. The predicted molar refractivity (Wildman–Crippen MR) is 73.4 cm³/mol. The van der Waals surface area contributed by atoms with Crippen LogP contribution in [0.4, 0.5) is 0 Å². The molecule has 0 aliphatic carbocycles. The molecule has 100 valence electrons. The van der Waals surface area contributed by atoms with E-state index >= 15 is 0 Å². The van der Waals surface area contributed by atoms with Gasteiger partial charge in [-0.2, -0.15) is 10.4 Å². The second-order valence-corrected chi connectivity index (χ2v) is 5.03. The number of nitrogens with one attached hydrogen (secondary N) is 1. The first kappa shape index (κ1) is 14.7. The molecule has 1 atom stereocenters. The van der Waals surface area contributed by atoms with Gasteiger partial charge in [0.05, 0.1) is 18.3 Å². The highest BCUT2D eigenvalue weighted by Crippen LogP contribution is 2.16. The lowest BCUT2D eigenvalue weighted by Gasteiger charge is -2.23. The summed E-state index contributed by atoms with van der Waals surface area (Å²) in [6, 6.07) is 2.36. The van der Waals surface area contributed by atoms with Crippen molar-refractivity contribution in [1.29, 1.82) is 5.26 Å². The van der Waals surface area contributed by atoms with E-state index in [1.807, 2.05) is 18.5 Å². The topological polar surface area (TPSA) is 53.6 Å². The van der Waals surface area contributed by atoms with E-state index in [0.29, 0.717) is 6.54 Å². The monoisotopic (exact) mass is 248 g/mol. The van der Waals surface area contributed by atoms with Gasteiger partial charge in [-0.15, -0.1) is 0 Å². The third kappa shape index (κ3) is 3.11. The number of hydrogen-bond donors (Lipinski definition) is 1. The summed E-state index contributed by atoms with van der Waals surface area (Å²) in [5, 5.41) is 17.2. The van der Waals surface area contributed by atoms with Crippen molar-refractivity contribution in [3.63, 3.8) is 0 Å². The van der Waals surface area contributed by atoms with Crippen molar-refractivity contribution >= 4 is 0 Å². The smallest absolute Gasteiger partial charge is 0.123 e. The molecule has 1 heterocycles. The van der Waals surface area contributed by atoms with Crippen molar-refractivity contribution in [2.24, 2.45) is 0 Å². The van der Waals surface area contributed by atoms with Gasteiger partial charge in [-0.05, 0) is 45.7 Å². The van der Waals surface area contributed by atoms with Crippen molar-refractivity contribution < 1.29 is 0 Å². The summed E-state index contributed by atoms with van der Waals surface area (Å²) >= 11 is 0. The SMILES string of the molecule is CCCNC(C)(C#N)Cn1nc(C)c(CC)c1C. The minimum atomic E-state index is -0.551. The zero-order chi connectivity index (χ0) is 13.8. The lowest BCUT2D eigenvalue weighted by Crippen LogP contribution is -2.45. The zero-order valence-corrected chi connectivity index (χ0v) is 12.2. The quantitative estimate of drug-likeness (QED) is 0.840. The Bertz CT molecular complexity index is 441. The van der Waals surface area contributed by atoms with Crippen LogP contribution in [0, 0.1) is 25.2 Å². The molecule has 0 radical (unpaired) electrons. The van der Waals surface area contributed by atoms with E-state index in [0.717, 1.165) is 25.1 Å². The summed E-state index contributed by atoms with van der Waals surface area (Å²) in [4.78, 5) is 0. The van der Waals surface area contributed by atoms with Crippen LogP contribution >= 0.6 is 0 Å². The molecule has 1 aromatic heterocycles. The van der Waals surface area contributed by atoms with Gasteiger partial charge in [-0.25, -0.2) is 0 Å². The molecule has 1 N–H and O–H groups in total. The zero-order valence-electron chi connectivity index (χ0n) is 12.2. The fraction of sp³-hybridized carbons (Fsp3) is 0.714. The maximum absolute atomic E-state index is 9.34. The number of nitriles is 1. The van der Waals surface area contributed by atoms with Crippen molar-refractivity contribution in [1.82, 2.24) is 15.1 Å². The average Bonchev–Trinajstić information content (AvgIpc) is 2.61. The fourth-order valence-corrected chi connectivity index (χ4v) is 2.23. The first-order valence-electron chi connectivity index (χ1n) is 6.66. The molecule has 18 heavy (non-hydrogen) atoms. The van der Waals surface area contributed by atoms with E-state index in [1.165, 1.54) is 11.3 Å². The van der Waals surface area contributed by atoms with Gasteiger partial charge in [0.25, 0.3) is 0 Å². The predicted octanol–water partition coefficient (Wildman–Crippen LogP) is 2.34. The van der Waals surface area contributed by atoms with Crippen molar-refractivity contribution in [3.05, 3.63) is 17.0 Å². The molecule has 0 saturated carbocycles. The molecule has 0 fully saturated rings. The van der Waals surface area contributed by atoms with Crippen LogP contribution in [-0.4, -0.2) is 21.9 Å². The van der Waals surface area contributed by atoms with E-state index in [1.54, 1.807) is 0 Å². The van der Waals surface area contributed by atoms with Crippen LogP contribution in [0.25, 0.3) is 0 Å². The lowest BCUT2D eigenvalue weighted by molar-refractivity contribution is 0.366. The Hall–Kier alpha value is -1.34. The van der Waals surface area contributed by atoms with Gasteiger partial charge in [0.15, 0.2) is 0 Å². The van der Waals surface area contributed by atoms with Gasteiger partial charge in [0.2, 0.25) is 0 Å². The van der Waals surface area contributed by atoms with Gasteiger partial charge in [0.1, 0.15) is 5.54 Å². The van der Waals surface area contributed by atoms with Crippen molar-refractivity contribution in [2.45, 2.75) is 59.5 Å². The molecule has 0 saturated heterocycles. The Balaban J connectivity index is 2.92. The summed E-state index contributed by atoms with van der Waals surface area (Å²) in [6.45, 7) is 11.7. The Labute approximate surface area is 110 Å². The summed E-state index contributed by atoms with van der Waals surface area (Å²) in [7, 11) is 0. The molecule has 1 unspecified atom stereocenters. The minimum Gasteiger partial charge on any atom is -0.298 e. The fourth-order valence-electron chi connectivity index (χ4n) is 2.23. The normalized spacial score (nSPS) is 14.2. The molecule has 0 aliphatic heterocycles. The minimum absolute atomic E-state index is 0.551. The second kappa shape index (κ2) is 6.01. The third-order valence-electron chi connectivity index (χ3n) is 3.36. The molecular weight excluding hydrogens is 224 g/mol. The first-order chi connectivity index (χ1) is 8.47. The largest absolute Gasteiger partial charge is 0.298 e. The third-order valence-corrected chi connectivity index (χ3v) is 3.36. The lowest BCUT2D eigenvalue weighted by atomic mass is 10.0. The van der Waals surface area contributed by atoms with Crippen LogP contribution in [0.5, 0.6) is 0 Å². The number of rotatable bonds is 6. The van der Waals surface area contributed by atoms with E-state index in [2.05, 4.69) is 37.3 Å². The standard InChI is InChI=1S/C14H24N4/c1-6-8-16-14(5,9-15)10-18-12(4)13(7-2)11(3)17-18/h16H,6-8,10H2,1-5H3. The number of hydrogen-bond acceptors (Lipinski definition) is 3. The van der Waals surface area contributed by atoms with E-state index < -0.39 is 5.54 Å². The van der Waals surface area contributed by atoms with E-state index in [4.69, 9.17) is 0 Å². The maximum Gasteiger partial charge on any atom is 0.123 e. The second-order valence-electron chi connectivity index (χ2n) is 5.03. The van der Waals surface area contributed by atoms with Crippen LogP contribution in [0.1, 0.15) is 44.1 Å². The highest BCUT2D eigenvalue weighted by Gasteiger charge is 2.25. The van der Waals surface area contributed by atoms with Gasteiger partial charge >= 0.3 is 0 Å². The number of aryl methyl sites for hydroxylation is 1. The summed E-state index contributed by atoms with van der Waals surface area (Å²) in [5.41, 5.74) is 3.00. The van der Waals surface area contributed by atoms with E-state index in [9.17, 15) is 5.26 Å². The first-order valence-corrected chi connectivity index (χ1v) is 6.66. The Kier molecular flexibility index (Phi) is 4.92. The Morgan fingerprint density at radius 2 is 2.06 bits per heavy atom. The molecule has 1 rings (SSSR count). The molecule has 4 heteroatoms. The highest BCUT2D eigenvalue weighted by atomic mass is 15.3. The summed E-state index contributed by atoms with van der Waals surface area (Å²) in [6.07, 6.45) is 2.01. The Morgan fingerprint density at radius 3 is 2.50 bits per heavy atom. The number of nitrogens with zero attached hydrogens (tertiary/aromatic N) is 3. The van der Waals surface area contributed by atoms with E-state index in [-0.39, 0.29) is 0 Å². The van der Waals surface area contributed by atoms with Crippen LogP contribution < -0.4 is 5.32 Å². The van der Waals surface area contributed by atoms with Crippen LogP contribution in [0.3, 0.4) is 0 Å². The summed E-state index contributed by atoms with van der Waals surface area (Å²) in [5.74, 6) is 0. The van der Waals surface area contributed by atoms with Gasteiger partial charge in [-0.3, -0.25) is 10.00 Å². The van der Waals surface area contributed by atoms with Crippen molar-refractivity contribution in [3.8, 4) is 6.07 Å². The molecule has 0 bridgehead atoms. The van der Waals surface area contributed by atoms with Crippen LogP contribution in [-0.2, 0) is 13.0 Å². The van der Waals surface area contributed by atoms with Gasteiger partial charge < -0.3 is 0 Å². The molecule has 1 aromatic rings. The highest BCUT2D eigenvalue weighted by molar-refractivity contribution is 5.24. The van der Waals surface area contributed by atoms with Crippen molar-refractivity contribution in [2.75, 3.05) is 6.54 Å². The molecular formula is C14H24N4.